The summed E-state index contributed by atoms with van der Waals surface area (Å²) in [5.74, 6) is -0.565. The van der Waals surface area contributed by atoms with E-state index in [1.54, 1.807) is 29.9 Å². The van der Waals surface area contributed by atoms with Crippen molar-refractivity contribution in [1.82, 2.24) is 34.6 Å². The van der Waals surface area contributed by atoms with Crippen molar-refractivity contribution in [2.45, 2.75) is 26.3 Å². The average molecular weight is 485 g/mol. The third kappa shape index (κ3) is 4.40. The molecule has 1 saturated heterocycles. The molecular weight excluding hydrogens is 463 g/mol. The van der Waals surface area contributed by atoms with Crippen LogP contribution < -0.4 is 4.90 Å². The number of halogens is 3. The first-order chi connectivity index (χ1) is 16.8. The van der Waals surface area contributed by atoms with Crippen molar-refractivity contribution in [2.24, 2.45) is 5.10 Å². The van der Waals surface area contributed by atoms with Gasteiger partial charge in [0.15, 0.2) is 11.6 Å². The van der Waals surface area contributed by atoms with E-state index < -0.39 is 23.5 Å². The van der Waals surface area contributed by atoms with Crippen LogP contribution in [0.5, 0.6) is 0 Å². The normalized spacial score (nSPS) is 18.0. The summed E-state index contributed by atoms with van der Waals surface area (Å²) in [5.41, 5.74) is 0.334. The third-order valence-corrected chi connectivity index (χ3v) is 5.92. The van der Waals surface area contributed by atoms with Crippen LogP contribution in [0.1, 0.15) is 29.7 Å². The van der Waals surface area contributed by atoms with Gasteiger partial charge in [-0.05, 0) is 31.5 Å². The largest absolute Gasteiger partial charge is 0.350 e. The van der Waals surface area contributed by atoms with Gasteiger partial charge >= 0.3 is 6.03 Å². The summed E-state index contributed by atoms with van der Waals surface area (Å²) in [6.07, 6.45) is 2.99. The van der Waals surface area contributed by atoms with Gasteiger partial charge in [0.1, 0.15) is 23.3 Å². The number of nitrogens with zero attached hydrogens (tertiary/aromatic N) is 9. The maximum atomic E-state index is 14.6. The molecule has 1 aromatic carbocycles. The van der Waals surface area contributed by atoms with Crippen molar-refractivity contribution in [1.29, 1.82) is 0 Å². The number of hydrogen-bond acceptors (Lipinski definition) is 7. The molecule has 0 bridgehead atoms. The Morgan fingerprint density at radius 3 is 2.37 bits per heavy atom. The molecule has 0 spiro atoms. The number of benzene rings is 1. The summed E-state index contributed by atoms with van der Waals surface area (Å²) >= 11 is 0. The number of rotatable bonds is 3. The Labute approximate surface area is 198 Å². The van der Waals surface area contributed by atoms with E-state index in [-0.39, 0.29) is 30.9 Å². The highest BCUT2D eigenvalue weighted by atomic mass is 19.1. The van der Waals surface area contributed by atoms with Crippen LogP contribution in [0.15, 0.2) is 29.5 Å². The van der Waals surface area contributed by atoms with Crippen molar-refractivity contribution in [2.75, 3.05) is 31.1 Å². The van der Waals surface area contributed by atoms with E-state index in [0.717, 1.165) is 12.3 Å². The number of carbonyl (C=O) groups excluding carboxylic acids is 1. The molecular formula is C22H22F3N9O. The van der Waals surface area contributed by atoms with Crippen molar-refractivity contribution >= 4 is 18.1 Å². The maximum Gasteiger partial charge on any atom is 0.341 e. The van der Waals surface area contributed by atoms with Gasteiger partial charge in [0, 0.05) is 44.9 Å². The van der Waals surface area contributed by atoms with Gasteiger partial charge in [-0.15, -0.1) is 5.10 Å². The van der Waals surface area contributed by atoms with Crippen LogP contribution in [-0.2, 0) is 0 Å². The number of hydrogen-bond donors (Lipinski definition) is 0. The molecule has 1 fully saturated rings. The molecule has 35 heavy (non-hydrogen) atoms. The van der Waals surface area contributed by atoms with Gasteiger partial charge in [-0.1, -0.05) is 0 Å². The monoisotopic (exact) mass is 485 g/mol. The zero-order chi connectivity index (χ0) is 24.7. The lowest BCUT2D eigenvalue weighted by molar-refractivity contribution is 0.139. The minimum Gasteiger partial charge on any atom is -0.350 e. The molecule has 3 aromatic rings. The van der Waals surface area contributed by atoms with Gasteiger partial charge in [-0.3, -0.25) is 0 Å². The SMILES string of the molecule is Cc1nc(C)n(-c2ncc(F)c(N3CCN(C(=O)N4N=CCC4c4cc(F)cc(F)c4)CC3)n2)n1. The van der Waals surface area contributed by atoms with Gasteiger partial charge in [0.2, 0.25) is 0 Å². The molecule has 2 aliphatic heterocycles. The molecule has 5 rings (SSSR count). The van der Waals surface area contributed by atoms with Crippen molar-refractivity contribution < 1.29 is 18.0 Å². The van der Waals surface area contributed by atoms with Gasteiger partial charge in [0.05, 0.1) is 12.2 Å². The van der Waals surface area contributed by atoms with Gasteiger partial charge in [0.25, 0.3) is 5.95 Å². The van der Waals surface area contributed by atoms with Gasteiger partial charge in [-0.2, -0.15) is 14.8 Å². The zero-order valence-electron chi connectivity index (χ0n) is 19.1. The lowest BCUT2D eigenvalue weighted by Gasteiger charge is -2.37. The number of urea groups is 1. The van der Waals surface area contributed by atoms with Crippen LogP contribution in [0.25, 0.3) is 5.95 Å². The van der Waals surface area contributed by atoms with Gasteiger partial charge in [-0.25, -0.2) is 32.9 Å². The Morgan fingerprint density at radius 1 is 1.00 bits per heavy atom. The fourth-order valence-corrected chi connectivity index (χ4v) is 4.28. The van der Waals surface area contributed by atoms with Gasteiger partial charge < -0.3 is 9.80 Å². The van der Waals surface area contributed by atoms with Crippen LogP contribution in [0.4, 0.5) is 23.8 Å². The molecule has 1 unspecified atom stereocenters. The van der Waals surface area contributed by atoms with E-state index in [2.05, 4.69) is 25.2 Å². The second-order valence-electron chi connectivity index (χ2n) is 8.31. The predicted octanol–water partition coefficient (Wildman–Crippen LogP) is 2.77. The Morgan fingerprint density at radius 2 is 1.71 bits per heavy atom. The molecule has 0 saturated carbocycles. The summed E-state index contributed by atoms with van der Waals surface area (Å²) in [6.45, 7) is 4.72. The van der Waals surface area contributed by atoms with E-state index in [0.29, 0.717) is 36.7 Å². The van der Waals surface area contributed by atoms with Crippen LogP contribution in [0.2, 0.25) is 0 Å². The van der Waals surface area contributed by atoms with Crippen LogP contribution in [0, 0.1) is 31.3 Å². The molecule has 10 nitrogen and oxygen atoms in total. The Balaban J connectivity index is 1.29. The standard InChI is InChI=1S/C22H22F3N9O/c1-13-28-14(2)33(30-13)21-26-12-18(25)20(29-21)31-5-7-32(8-6-31)22(35)34-19(3-4-27-34)15-9-16(23)11-17(24)10-15/h4,9-12,19H,3,5-8H2,1-2H3. The number of carbonyl (C=O) groups is 1. The molecule has 0 aliphatic carbocycles. The fourth-order valence-electron chi connectivity index (χ4n) is 4.28. The molecule has 2 amide bonds. The molecule has 2 aliphatic rings. The van der Waals surface area contributed by atoms with E-state index in [9.17, 15) is 18.0 Å². The summed E-state index contributed by atoms with van der Waals surface area (Å²) < 4.78 is 43.5. The quantitative estimate of drug-likeness (QED) is 0.566. The molecule has 0 N–H and O–H groups in total. The number of anilines is 1. The molecule has 182 valence electrons. The molecule has 2 aromatic heterocycles. The fraction of sp³-hybridized carbons (Fsp3) is 0.364. The maximum absolute atomic E-state index is 14.6. The highest BCUT2D eigenvalue weighted by Gasteiger charge is 2.34. The predicted molar refractivity (Wildman–Crippen MR) is 120 cm³/mol. The first kappa shape index (κ1) is 22.7. The Hall–Kier alpha value is -4.03. The third-order valence-electron chi connectivity index (χ3n) is 5.92. The molecule has 1 atom stereocenters. The van der Waals surface area contributed by atoms with Crippen LogP contribution in [-0.4, -0.2) is 73.1 Å². The van der Waals surface area contributed by atoms with Crippen molar-refractivity contribution in [3.63, 3.8) is 0 Å². The van der Waals surface area contributed by atoms with E-state index in [1.165, 1.54) is 21.8 Å². The first-order valence-corrected chi connectivity index (χ1v) is 11.0. The smallest absolute Gasteiger partial charge is 0.341 e. The lowest BCUT2D eigenvalue weighted by atomic mass is 10.0. The minimum atomic E-state index is -0.713. The number of piperazine rings is 1. The lowest BCUT2D eigenvalue weighted by Crippen LogP contribution is -2.52. The summed E-state index contributed by atoms with van der Waals surface area (Å²) in [5, 5.41) is 9.62. The topological polar surface area (TPSA) is 95.6 Å². The molecule has 0 radical (unpaired) electrons. The average Bonchev–Trinajstić information content (AvgIpc) is 3.45. The minimum absolute atomic E-state index is 0.113. The Bertz CT molecular complexity index is 1280. The van der Waals surface area contributed by atoms with Crippen molar-refractivity contribution in [3.8, 4) is 5.95 Å². The molecule has 13 heteroatoms. The number of aromatic nitrogens is 5. The highest BCUT2D eigenvalue weighted by molar-refractivity contribution is 5.78. The summed E-state index contributed by atoms with van der Waals surface area (Å²) in [6, 6.07) is 2.21. The highest BCUT2D eigenvalue weighted by Crippen LogP contribution is 2.30. The second-order valence-corrected chi connectivity index (χ2v) is 8.31. The van der Waals surface area contributed by atoms with Crippen molar-refractivity contribution in [3.05, 3.63) is 59.1 Å². The second kappa shape index (κ2) is 8.96. The summed E-state index contributed by atoms with van der Waals surface area (Å²) in [4.78, 5) is 29.1. The number of amides is 2. The Kier molecular flexibility index (Phi) is 5.83. The van der Waals surface area contributed by atoms with E-state index in [1.807, 2.05) is 0 Å². The van der Waals surface area contributed by atoms with E-state index in [4.69, 9.17) is 0 Å². The number of aryl methyl sites for hydroxylation is 2. The molecule has 4 heterocycles. The van der Waals surface area contributed by atoms with Crippen LogP contribution >= 0.6 is 0 Å². The van der Waals surface area contributed by atoms with E-state index >= 15 is 0 Å². The summed E-state index contributed by atoms with van der Waals surface area (Å²) in [7, 11) is 0. The first-order valence-electron chi connectivity index (χ1n) is 11.0. The number of hydrazone groups is 1. The van der Waals surface area contributed by atoms with Crippen LogP contribution in [0.3, 0.4) is 0 Å². The zero-order valence-corrected chi connectivity index (χ0v) is 19.1.